The molecule has 2 atom stereocenters. The zero-order chi connectivity index (χ0) is 16.7. The number of carboxylic acids is 1. The van der Waals surface area contributed by atoms with E-state index < -0.39 is 11.8 Å². The molecule has 2 aliphatic rings. The lowest BCUT2D eigenvalue weighted by molar-refractivity contribution is -0.299. The summed E-state index contributed by atoms with van der Waals surface area (Å²) in [5.74, 6) is -0.567. The summed E-state index contributed by atoms with van der Waals surface area (Å²) in [6, 6.07) is 3.70. The molecule has 1 aromatic rings. The van der Waals surface area contributed by atoms with Crippen LogP contribution in [0.4, 0.5) is 0 Å². The Morgan fingerprint density at radius 3 is 2.48 bits per heavy atom. The molecule has 0 fully saturated rings. The second-order valence-corrected chi connectivity index (χ2v) is 5.88. The van der Waals surface area contributed by atoms with Gasteiger partial charge >= 0.3 is 0 Å². The van der Waals surface area contributed by atoms with Crippen molar-refractivity contribution < 1.29 is 24.2 Å². The van der Waals surface area contributed by atoms with Gasteiger partial charge in [0.15, 0.2) is 17.3 Å². The van der Waals surface area contributed by atoms with Crippen molar-refractivity contribution >= 4 is 11.8 Å². The van der Waals surface area contributed by atoms with Crippen LogP contribution in [0, 0.1) is 0 Å². The molecule has 0 saturated carbocycles. The molecule has 23 heavy (non-hydrogen) atoms. The van der Waals surface area contributed by atoms with Gasteiger partial charge in [-0.2, -0.15) is 0 Å². The summed E-state index contributed by atoms with van der Waals surface area (Å²) >= 11 is 0. The van der Waals surface area contributed by atoms with Crippen molar-refractivity contribution in [2.75, 3.05) is 14.2 Å². The minimum atomic E-state index is -1.42. The first-order chi connectivity index (χ1) is 11.0. The number of carbonyl (C=O) groups excluding carboxylic acids is 2. The number of fused-ring (bicyclic) bond motifs is 3. The van der Waals surface area contributed by atoms with Gasteiger partial charge < -0.3 is 24.3 Å². The molecule has 3 rings (SSSR count). The van der Waals surface area contributed by atoms with Crippen LogP contribution in [-0.2, 0) is 16.0 Å². The number of nitrogens with zero attached hydrogens (tertiary/aromatic N) is 1. The van der Waals surface area contributed by atoms with Gasteiger partial charge in [0.2, 0.25) is 0 Å². The minimum Gasteiger partial charge on any atom is -0.545 e. The Morgan fingerprint density at radius 2 is 1.87 bits per heavy atom. The molecule has 0 bridgehead atoms. The van der Waals surface area contributed by atoms with E-state index in [4.69, 9.17) is 9.47 Å². The molecule has 0 aromatic heterocycles. The number of carbonyl (C=O) groups is 2. The highest BCUT2D eigenvalue weighted by Crippen LogP contribution is 2.43. The number of carboxylic acid groups (broad SMARTS) is 1. The van der Waals surface area contributed by atoms with E-state index in [1.54, 1.807) is 14.2 Å². The van der Waals surface area contributed by atoms with Crippen molar-refractivity contribution in [3.05, 3.63) is 35.0 Å². The number of hydrogen-bond acceptors (Lipinski definition) is 6. The number of benzene rings is 1. The van der Waals surface area contributed by atoms with E-state index in [1.807, 2.05) is 24.0 Å². The molecule has 2 unspecified atom stereocenters. The first-order valence-electron chi connectivity index (χ1n) is 7.44. The summed E-state index contributed by atoms with van der Waals surface area (Å²) in [6.45, 7) is 2.01. The van der Waals surface area contributed by atoms with Gasteiger partial charge in [-0.3, -0.25) is 4.79 Å². The lowest BCUT2D eigenvalue weighted by atomic mass is 9.83. The standard InChI is InChI=1S/C17H19NO5/c1-9-4-10-5-15(22-2)16(23-3)6-11(10)13-7-14(19)12(17(20)21)8-18(9)13/h5-6,8-9,13H,4,7H2,1-3H3,(H,20,21)/p-1. The summed E-state index contributed by atoms with van der Waals surface area (Å²) in [4.78, 5) is 25.2. The Hall–Kier alpha value is -2.50. The molecule has 2 heterocycles. The summed E-state index contributed by atoms with van der Waals surface area (Å²) < 4.78 is 10.7. The van der Waals surface area contributed by atoms with Gasteiger partial charge in [-0.15, -0.1) is 0 Å². The molecule has 0 saturated heterocycles. The van der Waals surface area contributed by atoms with Crippen LogP contribution in [0.25, 0.3) is 0 Å². The third-order valence-electron chi connectivity index (χ3n) is 4.57. The highest BCUT2D eigenvalue weighted by molar-refractivity contribution is 6.16. The molecule has 0 radical (unpaired) electrons. The van der Waals surface area contributed by atoms with Crippen LogP contribution in [0.15, 0.2) is 23.9 Å². The number of rotatable bonds is 3. The molecule has 0 amide bonds. The number of Topliss-reactive ketones (excluding diaryl/α,β-unsaturated/α-hetero) is 1. The largest absolute Gasteiger partial charge is 0.545 e. The Kier molecular flexibility index (Phi) is 3.75. The molecule has 122 valence electrons. The Bertz CT molecular complexity index is 709. The number of methoxy groups -OCH3 is 2. The Labute approximate surface area is 134 Å². The normalized spacial score (nSPS) is 22.8. The molecule has 6 nitrogen and oxygen atoms in total. The third-order valence-corrected chi connectivity index (χ3v) is 4.57. The molecular weight excluding hydrogens is 298 g/mol. The Balaban J connectivity index is 2.10. The predicted molar refractivity (Wildman–Crippen MR) is 80.0 cm³/mol. The first-order valence-corrected chi connectivity index (χ1v) is 7.44. The van der Waals surface area contributed by atoms with Crippen LogP contribution >= 0.6 is 0 Å². The fraction of sp³-hybridized carbons (Fsp3) is 0.412. The summed E-state index contributed by atoms with van der Waals surface area (Å²) in [7, 11) is 3.15. The van der Waals surface area contributed by atoms with E-state index in [9.17, 15) is 14.7 Å². The van der Waals surface area contributed by atoms with E-state index in [0.29, 0.717) is 11.5 Å². The van der Waals surface area contributed by atoms with Crippen molar-refractivity contribution in [1.29, 1.82) is 0 Å². The lowest BCUT2D eigenvalue weighted by Gasteiger charge is -2.44. The minimum absolute atomic E-state index is 0.0769. The van der Waals surface area contributed by atoms with Gasteiger partial charge in [0, 0.05) is 18.7 Å². The number of aliphatic carboxylic acids is 1. The lowest BCUT2D eigenvalue weighted by Crippen LogP contribution is -2.44. The molecule has 2 aliphatic heterocycles. The summed E-state index contributed by atoms with van der Waals surface area (Å²) in [6.07, 6.45) is 2.28. The van der Waals surface area contributed by atoms with Gasteiger partial charge in [0.25, 0.3) is 0 Å². The van der Waals surface area contributed by atoms with E-state index >= 15 is 0 Å². The zero-order valence-electron chi connectivity index (χ0n) is 13.3. The molecular formula is C17H18NO5-. The fourth-order valence-corrected chi connectivity index (χ4v) is 3.42. The van der Waals surface area contributed by atoms with Crippen LogP contribution in [0.1, 0.15) is 30.5 Å². The average Bonchev–Trinajstić information content (AvgIpc) is 2.53. The molecule has 0 aliphatic carbocycles. The summed E-state index contributed by atoms with van der Waals surface area (Å²) in [5.41, 5.74) is 1.81. The number of hydrogen-bond donors (Lipinski definition) is 0. The van der Waals surface area contributed by atoms with Gasteiger partial charge in [0.05, 0.1) is 31.8 Å². The highest BCUT2D eigenvalue weighted by Gasteiger charge is 2.37. The van der Waals surface area contributed by atoms with Crippen molar-refractivity contribution in [3.8, 4) is 11.5 Å². The van der Waals surface area contributed by atoms with Crippen molar-refractivity contribution in [2.45, 2.75) is 31.8 Å². The maximum atomic E-state index is 12.1. The molecule has 0 N–H and O–H groups in total. The maximum absolute atomic E-state index is 12.1. The van der Waals surface area contributed by atoms with Crippen LogP contribution in [-0.4, -0.2) is 36.9 Å². The molecule has 1 aromatic carbocycles. The second kappa shape index (κ2) is 5.61. The van der Waals surface area contributed by atoms with E-state index in [2.05, 4.69) is 0 Å². The first kappa shape index (κ1) is 15.4. The fourth-order valence-electron chi connectivity index (χ4n) is 3.42. The smallest absolute Gasteiger partial charge is 0.168 e. The SMILES string of the molecule is COc1cc2c(cc1OC)C1CC(=O)C(C(=O)[O-])=CN1C(C)C2. The van der Waals surface area contributed by atoms with E-state index in [0.717, 1.165) is 17.5 Å². The van der Waals surface area contributed by atoms with Gasteiger partial charge in [-0.05, 0) is 36.6 Å². The number of ether oxygens (including phenoxy) is 2. The van der Waals surface area contributed by atoms with E-state index in [-0.39, 0.29) is 24.1 Å². The van der Waals surface area contributed by atoms with Crippen LogP contribution in [0.2, 0.25) is 0 Å². The van der Waals surface area contributed by atoms with Gasteiger partial charge in [-0.25, -0.2) is 0 Å². The van der Waals surface area contributed by atoms with Crippen LogP contribution < -0.4 is 14.6 Å². The van der Waals surface area contributed by atoms with E-state index in [1.165, 1.54) is 6.20 Å². The average molecular weight is 316 g/mol. The zero-order valence-corrected chi connectivity index (χ0v) is 13.3. The topological polar surface area (TPSA) is 78.9 Å². The molecule has 0 spiro atoms. The monoisotopic (exact) mass is 316 g/mol. The van der Waals surface area contributed by atoms with Gasteiger partial charge in [0.1, 0.15) is 0 Å². The van der Waals surface area contributed by atoms with Crippen LogP contribution in [0.3, 0.4) is 0 Å². The Morgan fingerprint density at radius 1 is 1.22 bits per heavy atom. The van der Waals surface area contributed by atoms with Crippen LogP contribution in [0.5, 0.6) is 11.5 Å². The second-order valence-electron chi connectivity index (χ2n) is 5.88. The van der Waals surface area contributed by atoms with Crippen molar-refractivity contribution in [2.24, 2.45) is 0 Å². The molecule has 6 heteroatoms. The maximum Gasteiger partial charge on any atom is 0.168 e. The summed E-state index contributed by atoms with van der Waals surface area (Å²) in [5, 5.41) is 11.1. The predicted octanol–water partition coefficient (Wildman–Crippen LogP) is 0.598. The highest BCUT2D eigenvalue weighted by atomic mass is 16.5. The quantitative estimate of drug-likeness (QED) is 0.760. The van der Waals surface area contributed by atoms with Crippen molar-refractivity contribution in [1.82, 2.24) is 4.90 Å². The van der Waals surface area contributed by atoms with Gasteiger partial charge in [-0.1, -0.05) is 0 Å². The third kappa shape index (κ3) is 2.44. The number of ketones is 1. The van der Waals surface area contributed by atoms with Crippen molar-refractivity contribution in [3.63, 3.8) is 0 Å².